The van der Waals surface area contributed by atoms with E-state index in [1.54, 1.807) is 64.6 Å². The van der Waals surface area contributed by atoms with Gasteiger partial charge in [-0.15, -0.1) is 0 Å². The molecule has 2 aromatic carbocycles. The van der Waals surface area contributed by atoms with E-state index in [1.165, 1.54) is 6.07 Å². The lowest BCUT2D eigenvalue weighted by atomic mass is 10.1. The average molecular weight is 491 g/mol. The molecule has 0 aliphatic carbocycles. The molecule has 1 aliphatic rings. The fourth-order valence-electron chi connectivity index (χ4n) is 4.10. The van der Waals surface area contributed by atoms with Crippen LogP contribution in [0.15, 0.2) is 66.0 Å². The number of amides is 1. The smallest absolute Gasteiger partial charge is 0.335 e. The van der Waals surface area contributed by atoms with Gasteiger partial charge in [0.05, 0.1) is 40.0 Å². The molecule has 0 spiro atoms. The zero-order chi connectivity index (χ0) is 24.5. The van der Waals surface area contributed by atoms with Crippen LogP contribution in [0.2, 0.25) is 0 Å². The minimum Gasteiger partial charge on any atom is -0.478 e. The van der Waals surface area contributed by atoms with Crippen LogP contribution in [-0.4, -0.2) is 73.2 Å². The number of hydrogen-bond donors (Lipinski definition) is 1. The van der Waals surface area contributed by atoms with Crippen molar-refractivity contribution >= 4 is 33.6 Å². The van der Waals surface area contributed by atoms with E-state index in [0.717, 1.165) is 5.39 Å². The minimum atomic E-state index is -1.26. The summed E-state index contributed by atoms with van der Waals surface area (Å²) in [4.78, 5) is 35.7. The Balaban J connectivity index is 1.55. The van der Waals surface area contributed by atoms with Gasteiger partial charge in [0.15, 0.2) is 0 Å². The molecule has 5 rings (SSSR count). The maximum absolute atomic E-state index is 13.0. The summed E-state index contributed by atoms with van der Waals surface area (Å²) in [5.74, 6) is -0.747. The van der Waals surface area contributed by atoms with Crippen molar-refractivity contribution in [2.75, 3.05) is 32.6 Å². The number of benzene rings is 2. The quantitative estimate of drug-likeness (QED) is 0.457. The van der Waals surface area contributed by atoms with Gasteiger partial charge in [0.25, 0.3) is 5.91 Å². The van der Waals surface area contributed by atoms with Gasteiger partial charge in [-0.2, -0.15) is 0 Å². The average Bonchev–Trinajstić information content (AvgIpc) is 3.28. The maximum Gasteiger partial charge on any atom is 0.335 e. The third kappa shape index (κ3) is 4.45. The highest BCUT2D eigenvalue weighted by Crippen LogP contribution is 2.28. The van der Waals surface area contributed by atoms with Gasteiger partial charge in [-0.3, -0.25) is 13.6 Å². The predicted molar refractivity (Wildman–Crippen MR) is 130 cm³/mol. The van der Waals surface area contributed by atoms with Gasteiger partial charge >= 0.3 is 5.97 Å². The molecule has 35 heavy (non-hydrogen) atoms. The highest BCUT2D eigenvalue weighted by atomic mass is 32.2. The molecule has 1 aliphatic heterocycles. The Morgan fingerprint density at radius 3 is 2.43 bits per heavy atom. The van der Waals surface area contributed by atoms with E-state index in [9.17, 15) is 18.9 Å². The number of carbonyl (C=O) groups is 2. The molecular formula is C25H22N4O5S. The van der Waals surface area contributed by atoms with Gasteiger partial charge < -0.3 is 14.7 Å². The second-order valence-corrected chi connectivity index (χ2v) is 9.46. The topological polar surface area (TPSA) is 115 Å². The summed E-state index contributed by atoms with van der Waals surface area (Å²) < 4.78 is 19.5. The van der Waals surface area contributed by atoms with Gasteiger partial charge in [0, 0.05) is 54.4 Å². The molecule has 4 aromatic rings. The molecule has 1 unspecified atom stereocenters. The fourth-order valence-corrected chi connectivity index (χ4v) is 4.83. The third-order valence-electron chi connectivity index (χ3n) is 5.92. The fraction of sp³-hybridized carbons (Fsp3) is 0.200. The van der Waals surface area contributed by atoms with Crippen molar-refractivity contribution in [3.8, 4) is 17.1 Å². The van der Waals surface area contributed by atoms with Crippen molar-refractivity contribution in [2.45, 2.75) is 4.90 Å². The van der Waals surface area contributed by atoms with Crippen LogP contribution in [0.1, 0.15) is 20.7 Å². The van der Waals surface area contributed by atoms with Crippen molar-refractivity contribution in [1.29, 1.82) is 0 Å². The second-order valence-electron chi connectivity index (χ2n) is 8.11. The maximum atomic E-state index is 13.0. The molecule has 0 bridgehead atoms. The van der Waals surface area contributed by atoms with Gasteiger partial charge in [0.2, 0.25) is 5.95 Å². The van der Waals surface area contributed by atoms with Crippen LogP contribution in [-0.2, 0) is 15.5 Å². The number of carboxylic acids is 1. The van der Waals surface area contributed by atoms with E-state index < -0.39 is 16.8 Å². The van der Waals surface area contributed by atoms with Crippen LogP contribution in [0.4, 0.5) is 0 Å². The number of ether oxygens (including phenoxy) is 1. The number of morpholine rings is 1. The minimum absolute atomic E-state index is 0.0864. The molecule has 2 aromatic heterocycles. The molecule has 10 heteroatoms. The van der Waals surface area contributed by atoms with Gasteiger partial charge in [-0.1, -0.05) is 18.2 Å². The van der Waals surface area contributed by atoms with Crippen LogP contribution in [0.3, 0.4) is 0 Å². The highest BCUT2D eigenvalue weighted by Gasteiger charge is 2.21. The number of aromatic nitrogens is 3. The molecule has 1 saturated heterocycles. The summed E-state index contributed by atoms with van der Waals surface area (Å²) >= 11 is 0. The number of carboxylic acid groups (broad SMARTS) is 1. The molecule has 1 amide bonds. The Morgan fingerprint density at radius 1 is 1.00 bits per heavy atom. The summed E-state index contributed by atoms with van der Waals surface area (Å²) in [6.45, 7) is 2.10. The number of hydrogen-bond acceptors (Lipinski definition) is 6. The van der Waals surface area contributed by atoms with Gasteiger partial charge in [0.1, 0.15) is 0 Å². The van der Waals surface area contributed by atoms with Crippen LogP contribution >= 0.6 is 0 Å². The van der Waals surface area contributed by atoms with Crippen molar-refractivity contribution in [3.05, 3.63) is 72.2 Å². The number of rotatable bonds is 5. The Bertz CT molecular complexity index is 1460. The predicted octanol–water partition coefficient (Wildman–Crippen LogP) is 3.00. The van der Waals surface area contributed by atoms with E-state index in [1.807, 2.05) is 6.07 Å². The molecular weight excluding hydrogens is 468 g/mol. The lowest BCUT2D eigenvalue weighted by molar-refractivity contribution is 0.0303. The summed E-state index contributed by atoms with van der Waals surface area (Å²) in [6.07, 6.45) is 6.55. The monoisotopic (exact) mass is 490 g/mol. The number of carbonyl (C=O) groups excluding carboxylic acids is 1. The van der Waals surface area contributed by atoms with Gasteiger partial charge in [-0.05, 0) is 29.8 Å². The number of fused-ring (bicyclic) bond motifs is 1. The van der Waals surface area contributed by atoms with Gasteiger partial charge in [-0.25, -0.2) is 14.8 Å². The first-order valence-corrected chi connectivity index (χ1v) is 12.5. The molecule has 1 atom stereocenters. The molecule has 3 heterocycles. The zero-order valence-corrected chi connectivity index (χ0v) is 19.7. The first-order valence-electron chi connectivity index (χ1n) is 10.9. The van der Waals surface area contributed by atoms with E-state index >= 15 is 0 Å². The summed E-state index contributed by atoms with van der Waals surface area (Å²) in [7, 11) is -1.26. The van der Waals surface area contributed by atoms with Crippen molar-refractivity contribution < 1.29 is 23.6 Å². The largest absolute Gasteiger partial charge is 0.478 e. The number of nitrogens with zero attached hydrogens (tertiary/aromatic N) is 4. The Morgan fingerprint density at radius 2 is 1.74 bits per heavy atom. The summed E-state index contributed by atoms with van der Waals surface area (Å²) in [5.41, 5.74) is 2.72. The van der Waals surface area contributed by atoms with Crippen molar-refractivity contribution in [1.82, 2.24) is 19.4 Å². The standard InChI is InChI=1S/C25H22N4O5S/c1-35(33)22-15-29(21-12-17(5-6-20(21)22)23(30)28-7-9-34-10-8-28)25-26-13-19(14-27-25)16-3-2-4-18(11-16)24(31)32/h2-6,11-15H,7-10H2,1H3,(H,31,32). The third-order valence-corrected chi connectivity index (χ3v) is 6.87. The lowest BCUT2D eigenvalue weighted by Gasteiger charge is -2.26. The summed E-state index contributed by atoms with van der Waals surface area (Å²) in [5, 5.41) is 10.0. The molecule has 1 N–H and O–H groups in total. The Kier molecular flexibility index (Phi) is 6.14. The van der Waals surface area contributed by atoms with Crippen LogP contribution in [0.5, 0.6) is 0 Å². The van der Waals surface area contributed by atoms with Crippen LogP contribution < -0.4 is 0 Å². The molecule has 1 fully saturated rings. The summed E-state index contributed by atoms with van der Waals surface area (Å²) in [6, 6.07) is 11.9. The molecule has 0 radical (unpaired) electrons. The first kappa shape index (κ1) is 22.9. The van der Waals surface area contributed by atoms with E-state index in [4.69, 9.17) is 4.74 Å². The van der Waals surface area contributed by atoms with Crippen LogP contribution in [0, 0.1) is 0 Å². The van der Waals surface area contributed by atoms with E-state index in [0.29, 0.717) is 59.4 Å². The zero-order valence-electron chi connectivity index (χ0n) is 18.9. The second kappa shape index (κ2) is 9.40. The van der Waals surface area contributed by atoms with E-state index in [2.05, 4.69) is 9.97 Å². The highest BCUT2D eigenvalue weighted by molar-refractivity contribution is 7.84. The SMILES string of the molecule is CS(=O)c1cn(-c2ncc(-c3cccc(C(=O)O)c3)cn2)c2cc(C(=O)N3CCOCC3)ccc12. The number of aromatic carboxylic acids is 1. The Labute approximate surface area is 203 Å². The van der Waals surface area contributed by atoms with E-state index in [-0.39, 0.29) is 11.5 Å². The first-order chi connectivity index (χ1) is 16.9. The normalized spacial score (nSPS) is 14.7. The van der Waals surface area contributed by atoms with Crippen LogP contribution in [0.25, 0.3) is 28.0 Å². The lowest BCUT2D eigenvalue weighted by Crippen LogP contribution is -2.40. The Hall–Kier alpha value is -3.89. The van der Waals surface area contributed by atoms with Crippen molar-refractivity contribution in [3.63, 3.8) is 0 Å². The molecule has 178 valence electrons. The van der Waals surface area contributed by atoms with Crippen molar-refractivity contribution in [2.24, 2.45) is 0 Å². The molecule has 9 nitrogen and oxygen atoms in total. The molecule has 0 saturated carbocycles.